The van der Waals surface area contributed by atoms with Crippen LogP contribution in [0.4, 0.5) is 4.39 Å². The number of halogens is 1. The molecule has 1 aromatic heterocycles. The van der Waals surface area contributed by atoms with E-state index in [-0.39, 0.29) is 5.82 Å². The van der Waals surface area contributed by atoms with E-state index in [0.29, 0.717) is 10.8 Å². The maximum Gasteiger partial charge on any atom is 0.498 e. The van der Waals surface area contributed by atoms with Crippen LogP contribution in [0.3, 0.4) is 0 Å². The number of benzene rings is 1. The fourth-order valence-corrected chi connectivity index (χ4v) is 2.46. The van der Waals surface area contributed by atoms with Crippen LogP contribution in [0.25, 0.3) is 10.9 Å². The van der Waals surface area contributed by atoms with Crippen LogP contribution in [0.2, 0.25) is 0 Å². The first kappa shape index (κ1) is 13.6. The zero-order valence-corrected chi connectivity index (χ0v) is 12.4. The Balaban J connectivity index is 2.15. The number of aryl methyl sites for hydroxylation is 1. The number of hydrogen-bond donors (Lipinski definition) is 1. The topological polar surface area (TPSA) is 47.1 Å². The Kier molecular flexibility index (Phi) is 2.75. The van der Waals surface area contributed by atoms with Gasteiger partial charge in [-0.1, -0.05) is 0 Å². The van der Waals surface area contributed by atoms with Gasteiger partial charge in [0.2, 0.25) is 0 Å². The van der Waals surface area contributed by atoms with E-state index in [1.807, 2.05) is 34.6 Å². The lowest BCUT2D eigenvalue weighted by Crippen LogP contribution is -2.41. The summed E-state index contributed by atoms with van der Waals surface area (Å²) in [5, 5.41) is 7.61. The van der Waals surface area contributed by atoms with E-state index < -0.39 is 18.3 Å². The minimum absolute atomic E-state index is 0.324. The molecule has 0 atom stereocenters. The fourth-order valence-electron chi connectivity index (χ4n) is 2.46. The predicted molar refractivity (Wildman–Crippen MR) is 76.5 cm³/mol. The van der Waals surface area contributed by atoms with E-state index in [9.17, 15) is 4.39 Å². The Morgan fingerprint density at radius 2 is 1.80 bits per heavy atom. The second-order valence-corrected chi connectivity index (χ2v) is 6.34. The Hall–Kier alpha value is -1.40. The first-order valence-electron chi connectivity index (χ1n) is 6.71. The molecule has 1 aliphatic heterocycles. The lowest BCUT2D eigenvalue weighted by molar-refractivity contribution is 0.00578. The van der Waals surface area contributed by atoms with Crippen LogP contribution in [0.5, 0.6) is 0 Å². The molecule has 0 unspecified atom stereocenters. The standard InChI is InChI=1S/C14H18BFN2O2/c1-8-6-10(16)11(9-7-17-18-12(8)9)15-19-13(2,3)14(4,5)20-15/h6-7H,1-5H3,(H,17,18). The highest BCUT2D eigenvalue weighted by Crippen LogP contribution is 2.37. The van der Waals surface area contributed by atoms with Crippen LogP contribution in [-0.2, 0) is 9.31 Å². The van der Waals surface area contributed by atoms with Gasteiger partial charge in [-0.15, -0.1) is 0 Å². The summed E-state index contributed by atoms with van der Waals surface area (Å²) < 4.78 is 26.3. The number of aromatic amines is 1. The number of fused-ring (bicyclic) bond motifs is 1. The van der Waals surface area contributed by atoms with Crippen LogP contribution >= 0.6 is 0 Å². The molecule has 0 amide bonds. The number of aromatic nitrogens is 2. The third-order valence-corrected chi connectivity index (χ3v) is 4.41. The summed E-state index contributed by atoms with van der Waals surface area (Å²) in [4.78, 5) is 0. The summed E-state index contributed by atoms with van der Waals surface area (Å²) in [5.41, 5.74) is 1.06. The smallest absolute Gasteiger partial charge is 0.399 e. The lowest BCUT2D eigenvalue weighted by Gasteiger charge is -2.32. The summed E-state index contributed by atoms with van der Waals surface area (Å²) in [7, 11) is -0.722. The van der Waals surface area contributed by atoms with Gasteiger partial charge >= 0.3 is 7.12 Å². The summed E-state index contributed by atoms with van der Waals surface area (Å²) in [6.45, 7) is 9.65. The van der Waals surface area contributed by atoms with E-state index in [1.54, 1.807) is 6.20 Å². The summed E-state index contributed by atoms with van der Waals surface area (Å²) in [5.74, 6) is -0.324. The highest BCUT2D eigenvalue weighted by Gasteiger charge is 2.53. The second kappa shape index (κ2) is 4.05. The molecule has 2 aromatic rings. The molecular weight excluding hydrogens is 258 g/mol. The molecular formula is C14H18BFN2O2. The molecule has 4 nitrogen and oxygen atoms in total. The van der Waals surface area contributed by atoms with Crippen LogP contribution in [-0.4, -0.2) is 28.5 Å². The molecule has 0 aliphatic carbocycles. The SMILES string of the molecule is Cc1cc(F)c(B2OC(C)(C)C(C)(C)O2)c2cn[nH]c12. The summed E-state index contributed by atoms with van der Waals surface area (Å²) >= 11 is 0. The molecule has 1 aliphatic rings. The van der Waals surface area contributed by atoms with Crippen molar-refractivity contribution in [3.05, 3.63) is 23.6 Å². The number of rotatable bonds is 1. The molecule has 3 rings (SSSR count). The molecule has 106 valence electrons. The third-order valence-electron chi connectivity index (χ3n) is 4.41. The normalized spacial score (nSPS) is 20.8. The van der Waals surface area contributed by atoms with Crippen molar-refractivity contribution in [1.29, 1.82) is 0 Å². The van der Waals surface area contributed by atoms with Crippen molar-refractivity contribution in [3.8, 4) is 0 Å². The van der Waals surface area contributed by atoms with Gasteiger partial charge in [-0.25, -0.2) is 4.39 Å². The minimum Gasteiger partial charge on any atom is -0.399 e. The van der Waals surface area contributed by atoms with Crippen molar-refractivity contribution in [1.82, 2.24) is 10.2 Å². The number of nitrogens with zero attached hydrogens (tertiary/aromatic N) is 1. The second-order valence-electron chi connectivity index (χ2n) is 6.34. The molecule has 0 radical (unpaired) electrons. The molecule has 1 N–H and O–H groups in total. The Morgan fingerprint density at radius 1 is 1.20 bits per heavy atom. The monoisotopic (exact) mass is 276 g/mol. The van der Waals surface area contributed by atoms with E-state index in [1.165, 1.54) is 6.07 Å². The van der Waals surface area contributed by atoms with Gasteiger partial charge in [-0.3, -0.25) is 5.10 Å². The molecule has 6 heteroatoms. The highest BCUT2D eigenvalue weighted by atomic mass is 19.1. The highest BCUT2D eigenvalue weighted by molar-refractivity contribution is 6.65. The average Bonchev–Trinajstić information content (AvgIpc) is 2.83. The zero-order valence-electron chi connectivity index (χ0n) is 12.4. The fraction of sp³-hybridized carbons (Fsp3) is 0.500. The Bertz CT molecular complexity index is 665. The summed E-state index contributed by atoms with van der Waals surface area (Å²) in [6, 6.07) is 1.49. The van der Waals surface area contributed by atoms with Gasteiger partial charge in [0.25, 0.3) is 0 Å². The number of hydrogen-bond acceptors (Lipinski definition) is 3. The maximum atomic E-state index is 14.4. The van der Waals surface area contributed by atoms with Crippen LogP contribution in [0, 0.1) is 12.7 Å². The third kappa shape index (κ3) is 1.78. The van der Waals surface area contributed by atoms with E-state index in [4.69, 9.17) is 9.31 Å². The van der Waals surface area contributed by atoms with Crippen molar-refractivity contribution in [3.63, 3.8) is 0 Å². The minimum atomic E-state index is -0.722. The van der Waals surface area contributed by atoms with Gasteiger partial charge in [0.05, 0.1) is 22.9 Å². The molecule has 1 saturated heterocycles. The van der Waals surface area contributed by atoms with Gasteiger partial charge < -0.3 is 9.31 Å². The van der Waals surface area contributed by atoms with Crippen molar-refractivity contribution in [2.45, 2.75) is 45.8 Å². The van der Waals surface area contributed by atoms with Gasteiger partial charge in [0.15, 0.2) is 0 Å². The van der Waals surface area contributed by atoms with Crippen molar-refractivity contribution in [2.24, 2.45) is 0 Å². The zero-order chi connectivity index (χ0) is 14.7. The Morgan fingerprint density at radius 3 is 2.40 bits per heavy atom. The lowest BCUT2D eigenvalue weighted by atomic mass is 9.76. The number of H-pyrrole nitrogens is 1. The van der Waals surface area contributed by atoms with Crippen LogP contribution in [0.1, 0.15) is 33.3 Å². The molecule has 20 heavy (non-hydrogen) atoms. The van der Waals surface area contributed by atoms with Crippen LogP contribution in [0.15, 0.2) is 12.3 Å². The van der Waals surface area contributed by atoms with Gasteiger partial charge in [-0.2, -0.15) is 5.10 Å². The number of nitrogens with one attached hydrogen (secondary N) is 1. The van der Waals surface area contributed by atoms with Gasteiger partial charge in [-0.05, 0) is 46.2 Å². The van der Waals surface area contributed by atoms with Gasteiger partial charge in [0, 0.05) is 10.8 Å². The first-order valence-corrected chi connectivity index (χ1v) is 6.71. The molecule has 0 bridgehead atoms. The van der Waals surface area contributed by atoms with Crippen molar-refractivity contribution < 1.29 is 13.7 Å². The van der Waals surface area contributed by atoms with Gasteiger partial charge in [0.1, 0.15) is 5.82 Å². The molecule has 1 fully saturated rings. The van der Waals surface area contributed by atoms with E-state index in [0.717, 1.165) is 11.1 Å². The quantitative estimate of drug-likeness (QED) is 0.813. The molecule has 0 spiro atoms. The summed E-state index contributed by atoms with van der Waals surface area (Å²) in [6.07, 6.45) is 1.62. The van der Waals surface area contributed by atoms with E-state index in [2.05, 4.69) is 10.2 Å². The predicted octanol–water partition coefficient (Wildman–Crippen LogP) is 2.31. The Labute approximate surface area is 117 Å². The first-order chi connectivity index (χ1) is 9.23. The molecule has 0 saturated carbocycles. The van der Waals surface area contributed by atoms with Crippen LogP contribution < -0.4 is 5.46 Å². The average molecular weight is 276 g/mol. The largest absolute Gasteiger partial charge is 0.498 e. The molecule has 1 aromatic carbocycles. The maximum absolute atomic E-state index is 14.4. The van der Waals surface area contributed by atoms with Crippen molar-refractivity contribution >= 4 is 23.5 Å². The molecule has 2 heterocycles. The van der Waals surface area contributed by atoms with E-state index >= 15 is 0 Å². The van der Waals surface area contributed by atoms with Crippen molar-refractivity contribution in [2.75, 3.05) is 0 Å².